The summed E-state index contributed by atoms with van der Waals surface area (Å²) in [5.74, 6) is 0. The van der Waals surface area contributed by atoms with Crippen LogP contribution in [0.15, 0.2) is 41.3 Å². The van der Waals surface area contributed by atoms with Crippen molar-refractivity contribution in [1.29, 1.82) is 5.26 Å². The summed E-state index contributed by atoms with van der Waals surface area (Å²) < 4.78 is 27.3. The van der Waals surface area contributed by atoms with Gasteiger partial charge >= 0.3 is 0 Å². The molecule has 0 bridgehead atoms. The summed E-state index contributed by atoms with van der Waals surface area (Å²) in [7, 11) is -3.83. The summed E-state index contributed by atoms with van der Waals surface area (Å²) in [6.45, 7) is 3.77. The van der Waals surface area contributed by atoms with Gasteiger partial charge < -0.3 is 5.73 Å². The Morgan fingerprint density at radius 2 is 1.71 bits per heavy atom. The Morgan fingerprint density at radius 1 is 1.10 bits per heavy atom. The maximum Gasteiger partial charge on any atom is 0.263 e. The van der Waals surface area contributed by atoms with Crippen LogP contribution in [0.5, 0.6) is 0 Å². The molecule has 0 aliphatic carbocycles. The van der Waals surface area contributed by atoms with E-state index in [0.717, 1.165) is 11.1 Å². The predicted molar refractivity (Wildman–Crippen MR) is 82.3 cm³/mol. The molecule has 2 aromatic carbocycles. The van der Waals surface area contributed by atoms with E-state index in [2.05, 4.69) is 4.72 Å². The van der Waals surface area contributed by atoms with E-state index in [4.69, 9.17) is 11.0 Å². The van der Waals surface area contributed by atoms with E-state index in [9.17, 15) is 8.42 Å². The molecule has 0 heterocycles. The number of anilines is 2. The molecule has 0 aromatic heterocycles. The second-order valence-corrected chi connectivity index (χ2v) is 6.50. The van der Waals surface area contributed by atoms with Crippen molar-refractivity contribution in [3.05, 3.63) is 53.1 Å². The highest BCUT2D eigenvalue weighted by molar-refractivity contribution is 7.92. The van der Waals surface area contributed by atoms with Crippen LogP contribution in [-0.4, -0.2) is 8.42 Å². The van der Waals surface area contributed by atoms with Crippen LogP contribution in [0.4, 0.5) is 11.4 Å². The Labute approximate surface area is 124 Å². The minimum absolute atomic E-state index is 0.0203. The lowest BCUT2D eigenvalue weighted by Gasteiger charge is -2.11. The van der Waals surface area contributed by atoms with E-state index >= 15 is 0 Å². The molecule has 3 N–H and O–H groups in total. The number of nitriles is 1. The summed E-state index contributed by atoms with van der Waals surface area (Å²) in [6.07, 6.45) is 0. The van der Waals surface area contributed by atoms with Crippen LogP contribution in [0.25, 0.3) is 0 Å². The van der Waals surface area contributed by atoms with Gasteiger partial charge in [-0.2, -0.15) is 5.26 Å². The second-order valence-electron chi connectivity index (χ2n) is 4.85. The van der Waals surface area contributed by atoms with Gasteiger partial charge in [-0.3, -0.25) is 4.72 Å². The van der Waals surface area contributed by atoms with Crippen molar-refractivity contribution in [1.82, 2.24) is 0 Å². The van der Waals surface area contributed by atoms with Gasteiger partial charge in [0.1, 0.15) is 11.0 Å². The number of nitrogens with one attached hydrogen (secondary N) is 1. The number of benzene rings is 2. The van der Waals surface area contributed by atoms with Gasteiger partial charge in [0.25, 0.3) is 10.0 Å². The van der Waals surface area contributed by atoms with Gasteiger partial charge in [-0.1, -0.05) is 6.07 Å². The minimum Gasteiger partial charge on any atom is -0.399 e. The molecule has 0 saturated carbocycles. The van der Waals surface area contributed by atoms with Crippen LogP contribution in [0.2, 0.25) is 0 Å². The number of aryl methyl sites for hydroxylation is 2. The normalized spacial score (nSPS) is 10.9. The molecule has 2 aromatic rings. The van der Waals surface area contributed by atoms with Crippen molar-refractivity contribution in [2.75, 3.05) is 10.5 Å². The number of hydrogen-bond donors (Lipinski definition) is 2. The molecule has 0 atom stereocenters. The lowest BCUT2D eigenvalue weighted by atomic mass is 10.1. The number of nitrogens with two attached hydrogens (primary N) is 1. The Morgan fingerprint density at radius 3 is 2.29 bits per heavy atom. The molecule has 0 aliphatic rings. The van der Waals surface area contributed by atoms with Gasteiger partial charge in [0.15, 0.2) is 0 Å². The van der Waals surface area contributed by atoms with Crippen molar-refractivity contribution < 1.29 is 8.42 Å². The van der Waals surface area contributed by atoms with Crippen LogP contribution >= 0.6 is 0 Å². The van der Waals surface area contributed by atoms with E-state index in [1.807, 2.05) is 26.0 Å². The Kier molecular flexibility index (Phi) is 3.87. The van der Waals surface area contributed by atoms with Crippen molar-refractivity contribution in [3.8, 4) is 6.07 Å². The summed E-state index contributed by atoms with van der Waals surface area (Å²) in [6, 6.07) is 11.4. The fraction of sp³-hybridized carbons (Fsp3) is 0.133. The number of hydrogen-bond acceptors (Lipinski definition) is 4. The second kappa shape index (κ2) is 5.46. The molecule has 0 unspecified atom stereocenters. The fourth-order valence-corrected chi connectivity index (χ4v) is 3.29. The largest absolute Gasteiger partial charge is 0.399 e. The van der Waals surface area contributed by atoms with Crippen molar-refractivity contribution in [2.45, 2.75) is 18.7 Å². The fourth-order valence-electron chi connectivity index (χ4n) is 2.11. The van der Waals surface area contributed by atoms with Crippen molar-refractivity contribution in [2.24, 2.45) is 0 Å². The maximum absolute atomic E-state index is 12.4. The SMILES string of the molecule is Cc1cc(C)cc(NS(=O)(=O)c2ccc(N)cc2C#N)c1. The number of nitrogens with zero attached hydrogens (tertiary/aromatic N) is 1. The zero-order valence-electron chi connectivity index (χ0n) is 11.7. The van der Waals surface area contributed by atoms with Crippen LogP contribution in [0.1, 0.15) is 16.7 Å². The Bertz CT molecular complexity index is 816. The first kappa shape index (κ1) is 14.9. The first-order chi connectivity index (χ1) is 9.81. The van der Waals surface area contributed by atoms with E-state index in [1.165, 1.54) is 18.2 Å². The van der Waals surface area contributed by atoms with Gasteiger partial charge in [0, 0.05) is 11.4 Å². The van der Waals surface area contributed by atoms with Gasteiger partial charge in [-0.15, -0.1) is 0 Å². The minimum atomic E-state index is -3.83. The van der Waals surface area contributed by atoms with E-state index < -0.39 is 10.0 Å². The van der Waals surface area contributed by atoms with Crippen molar-refractivity contribution in [3.63, 3.8) is 0 Å². The zero-order valence-corrected chi connectivity index (χ0v) is 12.5. The molecule has 0 aliphatic heterocycles. The predicted octanol–water partition coefficient (Wildman–Crippen LogP) is 2.56. The molecule has 0 radical (unpaired) electrons. The standard InChI is InChI=1S/C15H15N3O2S/c1-10-5-11(2)7-14(6-10)18-21(19,20)15-4-3-13(17)8-12(15)9-16/h3-8,18H,17H2,1-2H3. The highest BCUT2D eigenvalue weighted by Crippen LogP contribution is 2.22. The van der Waals surface area contributed by atoms with Crippen LogP contribution in [0, 0.1) is 25.2 Å². The van der Waals surface area contributed by atoms with E-state index in [0.29, 0.717) is 11.4 Å². The lowest BCUT2D eigenvalue weighted by molar-refractivity contribution is 0.601. The van der Waals surface area contributed by atoms with Crippen LogP contribution in [-0.2, 0) is 10.0 Å². The van der Waals surface area contributed by atoms with E-state index in [-0.39, 0.29) is 10.5 Å². The molecule has 5 nitrogen and oxygen atoms in total. The van der Waals surface area contributed by atoms with E-state index in [1.54, 1.807) is 12.1 Å². The maximum atomic E-state index is 12.4. The molecule has 0 fully saturated rings. The number of rotatable bonds is 3. The first-order valence-corrected chi connectivity index (χ1v) is 7.71. The molecule has 6 heteroatoms. The average Bonchev–Trinajstić information content (AvgIpc) is 2.36. The van der Waals surface area contributed by atoms with Gasteiger partial charge in [-0.05, 0) is 55.3 Å². The highest BCUT2D eigenvalue weighted by atomic mass is 32.2. The lowest BCUT2D eigenvalue weighted by Crippen LogP contribution is -2.14. The third kappa shape index (κ3) is 3.33. The molecular weight excluding hydrogens is 286 g/mol. The average molecular weight is 301 g/mol. The molecule has 21 heavy (non-hydrogen) atoms. The zero-order chi connectivity index (χ0) is 15.6. The van der Waals surface area contributed by atoms with Crippen LogP contribution in [0.3, 0.4) is 0 Å². The Balaban J connectivity index is 2.46. The smallest absolute Gasteiger partial charge is 0.263 e. The number of sulfonamides is 1. The number of nitrogen functional groups attached to an aromatic ring is 1. The third-order valence-electron chi connectivity index (χ3n) is 2.89. The monoisotopic (exact) mass is 301 g/mol. The summed E-state index contributed by atoms with van der Waals surface area (Å²) in [5.41, 5.74) is 8.30. The highest BCUT2D eigenvalue weighted by Gasteiger charge is 2.19. The first-order valence-electron chi connectivity index (χ1n) is 6.22. The van der Waals surface area contributed by atoms with Gasteiger partial charge in [-0.25, -0.2) is 8.42 Å². The summed E-state index contributed by atoms with van der Waals surface area (Å²) >= 11 is 0. The van der Waals surface area contributed by atoms with Crippen LogP contribution < -0.4 is 10.5 Å². The molecule has 0 amide bonds. The molecular formula is C15H15N3O2S. The Hall–Kier alpha value is -2.52. The van der Waals surface area contributed by atoms with Crippen molar-refractivity contribution >= 4 is 21.4 Å². The molecule has 0 saturated heterocycles. The quantitative estimate of drug-likeness (QED) is 0.851. The topological polar surface area (TPSA) is 96.0 Å². The molecule has 108 valence electrons. The summed E-state index contributed by atoms with van der Waals surface area (Å²) in [5, 5.41) is 9.06. The summed E-state index contributed by atoms with van der Waals surface area (Å²) in [4.78, 5) is -0.0849. The van der Waals surface area contributed by atoms with Gasteiger partial charge in [0.2, 0.25) is 0 Å². The molecule has 0 spiro atoms. The molecule has 2 rings (SSSR count). The third-order valence-corrected chi connectivity index (χ3v) is 4.33. The van der Waals surface area contributed by atoms with Gasteiger partial charge in [0.05, 0.1) is 5.56 Å².